The van der Waals surface area contributed by atoms with Gasteiger partial charge in [-0.25, -0.2) is 4.98 Å². The maximum absolute atomic E-state index is 12.6. The first-order valence-electron chi connectivity index (χ1n) is 8.50. The Morgan fingerprint density at radius 2 is 2.19 bits per heavy atom. The molecular weight excluding hydrogens is 363 g/mol. The molecule has 0 saturated carbocycles. The van der Waals surface area contributed by atoms with Crippen molar-refractivity contribution in [2.45, 2.75) is 37.9 Å². The highest BCUT2D eigenvalue weighted by Gasteiger charge is 2.31. The number of halogens is 3. The zero-order chi connectivity index (χ0) is 18.6. The minimum Gasteiger partial charge on any atom is -0.355 e. The molecule has 1 fully saturated rings. The Morgan fingerprint density at radius 3 is 2.85 bits per heavy atom. The van der Waals surface area contributed by atoms with E-state index in [9.17, 15) is 18.0 Å². The van der Waals surface area contributed by atoms with Gasteiger partial charge < -0.3 is 10.2 Å². The molecule has 8 heteroatoms. The highest BCUT2D eigenvalue weighted by atomic mass is 32.1. The van der Waals surface area contributed by atoms with Gasteiger partial charge in [0.15, 0.2) is 0 Å². The number of hydrogen-bond donors (Lipinski definition) is 1. The average Bonchev–Trinajstić information content (AvgIpc) is 3.13. The maximum Gasteiger partial charge on any atom is 0.417 e. The molecule has 4 nitrogen and oxygen atoms in total. The molecule has 1 unspecified atom stereocenters. The fourth-order valence-corrected chi connectivity index (χ4v) is 3.74. The first kappa shape index (κ1) is 18.7. The van der Waals surface area contributed by atoms with Crippen LogP contribution in [0.15, 0.2) is 35.2 Å². The molecule has 0 spiro atoms. The zero-order valence-corrected chi connectivity index (χ0v) is 14.9. The molecule has 1 aliphatic rings. The molecule has 0 bridgehead atoms. The Balaban J connectivity index is 1.52. The number of aryl methyl sites for hydroxylation is 1. The third-order valence-electron chi connectivity index (χ3n) is 4.41. The molecule has 140 valence electrons. The summed E-state index contributed by atoms with van der Waals surface area (Å²) in [6, 6.07) is 4.44. The van der Waals surface area contributed by atoms with Crippen molar-refractivity contribution in [2.24, 2.45) is 0 Å². The van der Waals surface area contributed by atoms with Crippen LogP contribution in [0.1, 0.15) is 30.4 Å². The Kier molecular flexibility index (Phi) is 5.80. The number of pyridine rings is 1. The summed E-state index contributed by atoms with van der Waals surface area (Å²) in [7, 11) is 0. The molecule has 3 rings (SSSR count). The second kappa shape index (κ2) is 8.07. The maximum atomic E-state index is 12.6. The van der Waals surface area contributed by atoms with E-state index < -0.39 is 11.7 Å². The molecule has 1 atom stereocenters. The number of thiophene rings is 1. The number of nitrogens with one attached hydrogen (secondary N) is 1. The van der Waals surface area contributed by atoms with Gasteiger partial charge in [0.05, 0.1) is 5.56 Å². The van der Waals surface area contributed by atoms with Gasteiger partial charge >= 0.3 is 6.18 Å². The lowest BCUT2D eigenvalue weighted by molar-refractivity contribution is -0.137. The monoisotopic (exact) mass is 383 g/mol. The lowest BCUT2D eigenvalue weighted by Gasteiger charge is -2.34. The number of carbonyl (C=O) groups excluding carboxylic acids is 1. The summed E-state index contributed by atoms with van der Waals surface area (Å²) in [5.74, 6) is 0.513. The average molecular weight is 383 g/mol. The quantitative estimate of drug-likeness (QED) is 0.852. The van der Waals surface area contributed by atoms with E-state index in [0.717, 1.165) is 37.2 Å². The largest absolute Gasteiger partial charge is 0.417 e. The third-order valence-corrected chi connectivity index (χ3v) is 5.14. The van der Waals surface area contributed by atoms with Crippen molar-refractivity contribution in [1.29, 1.82) is 0 Å². The summed E-state index contributed by atoms with van der Waals surface area (Å²) in [4.78, 5) is 18.0. The molecule has 2 aromatic rings. The van der Waals surface area contributed by atoms with E-state index in [1.807, 2.05) is 21.7 Å². The highest BCUT2D eigenvalue weighted by Crippen LogP contribution is 2.29. The molecule has 1 saturated heterocycles. The number of amides is 1. The molecule has 1 amide bonds. The van der Waals surface area contributed by atoms with Crippen LogP contribution in [0.2, 0.25) is 0 Å². The smallest absolute Gasteiger partial charge is 0.355 e. The SMILES string of the molecule is O=C(CCc1ccsc1)NC1CCCN(c2ccc(C(F)(F)F)cn2)C1. The predicted octanol–water partition coefficient (Wildman–Crippen LogP) is 3.88. The van der Waals surface area contributed by atoms with Gasteiger partial charge in [-0.3, -0.25) is 4.79 Å². The van der Waals surface area contributed by atoms with Crippen LogP contribution in [0.25, 0.3) is 0 Å². The summed E-state index contributed by atoms with van der Waals surface area (Å²) >= 11 is 1.61. The summed E-state index contributed by atoms with van der Waals surface area (Å²) < 4.78 is 37.9. The van der Waals surface area contributed by atoms with E-state index in [1.165, 1.54) is 6.07 Å². The number of carbonyl (C=O) groups is 1. The predicted molar refractivity (Wildman–Crippen MR) is 95.3 cm³/mol. The zero-order valence-electron chi connectivity index (χ0n) is 14.1. The second-order valence-corrected chi connectivity index (χ2v) is 7.17. The van der Waals surface area contributed by atoms with Crippen LogP contribution >= 0.6 is 11.3 Å². The number of hydrogen-bond acceptors (Lipinski definition) is 4. The fraction of sp³-hybridized carbons (Fsp3) is 0.444. The molecular formula is C18H20F3N3OS. The van der Waals surface area contributed by atoms with Crippen molar-refractivity contribution >= 4 is 23.1 Å². The molecule has 0 aliphatic carbocycles. The van der Waals surface area contributed by atoms with Crippen LogP contribution in [0.3, 0.4) is 0 Å². The van der Waals surface area contributed by atoms with Crippen molar-refractivity contribution < 1.29 is 18.0 Å². The normalized spacial score (nSPS) is 18.0. The number of rotatable bonds is 5. The van der Waals surface area contributed by atoms with E-state index in [1.54, 1.807) is 11.3 Å². The topological polar surface area (TPSA) is 45.2 Å². The molecule has 2 aromatic heterocycles. The first-order valence-corrected chi connectivity index (χ1v) is 9.45. The third kappa shape index (κ3) is 4.97. The molecule has 0 radical (unpaired) electrons. The Labute approximate surface area is 154 Å². The summed E-state index contributed by atoms with van der Waals surface area (Å²) in [5, 5.41) is 7.05. The van der Waals surface area contributed by atoms with Gasteiger partial charge in [-0.15, -0.1) is 0 Å². The molecule has 0 aromatic carbocycles. The lowest BCUT2D eigenvalue weighted by Crippen LogP contribution is -2.48. The van der Waals surface area contributed by atoms with Gasteiger partial charge in [-0.2, -0.15) is 24.5 Å². The van der Waals surface area contributed by atoms with Crippen LogP contribution in [-0.4, -0.2) is 30.0 Å². The fourth-order valence-electron chi connectivity index (χ4n) is 3.04. The summed E-state index contributed by atoms with van der Waals surface area (Å²) in [6.45, 7) is 1.28. The Bertz CT molecular complexity index is 716. The van der Waals surface area contributed by atoms with Crippen molar-refractivity contribution in [3.63, 3.8) is 0 Å². The van der Waals surface area contributed by atoms with Gasteiger partial charge in [-0.05, 0) is 53.8 Å². The minimum atomic E-state index is -4.38. The van der Waals surface area contributed by atoms with Gasteiger partial charge in [0.2, 0.25) is 5.91 Å². The Hall–Kier alpha value is -2.09. The van der Waals surface area contributed by atoms with Gasteiger partial charge in [0.25, 0.3) is 0 Å². The molecule has 26 heavy (non-hydrogen) atoms. The van der Waals surface area contributed by atoms with Crippen LogP contribution in [0.5, 0.6) is 0 Å². The number of nitrogens with zero attached hydrogens (tertiary/aromatic N) is 2. The van der Waals surface area contributed by atoms with Crippen LogP contribution in [0, 0.1) is 0 Å². The van der Waals surface area contributed by atoms with Crippen molar-refractivity contribution in [3.8, 4) is 0 Å². The molecule has 3 heterocycles. The van der Waals surface area contributed by atoms with Gasteiger partial charge in [-0.1, -0.05) is 0 Å². The van der Waals surface area contributed by atoms with Gasteiger partial charge in [0.1, 0.15) is 5.82 Å². The number of alkyl halides is 3. The van der Waals surface area contributed by atoms with Crippen molar-refractivity contribution in [1.82, 2.24) is 10.3 Å². The summed E-state index contributed by atoms with van der Waals surface area (Å²) in [6.07, 6.45) is -0.651. The van der Waals surface area contributed by atoms with Crippen LogP contribution < -0.4 is 10.2 Å². The highest BCUT2D eigenvalue weighted by molar-refractivity contribution is 7.07. The van der Waals surface area contributed by atoms with E-state index in [2.05, 4.69) is 10.3 Å². The standard InChI is InChI=1S/C18H20F3N3OS/c19-18(20,21)14-4-5-16(22-10-14)24-8-1-2-15(11-24)23-17(25)6-3-13-7-9-26-12-13/h4-5,7,9-10,12,15H,1-3,6,8,11H2,(H,23,25). The van der Waals surface area contributed by atoms with E-state index in [-0.39, 0.29) is 11.9 Å². The lowest BCUT2D eigenvalue weighted by atomic mass is 10.0. The van der Waals surface area contributed by atoms with E-state index in [4.69, 9.17) is 0 Å². The second-order valence-electron chi connectivity index (χ2n) is 6.39. The van der Waals surface area contributed by atoms with Gasteiger partial charge in [0, 0.05) is 31.7 Å². The first-order chi connectivity index (χ1) is 12.4. The number of anilines is 1. The van der Waals surface area contributed by atoms with Crippen molar-refractivity contribution in [3.05, 3.63) is 46.3 Å². The molecule has 1 N–H and O–H groups in total. The van der Waals surface area contributed by atoms with Crippen LogP contribution in [0.4, 0.5) is 19.0 Å². The Morgan fingerprint density at radius 1 is 1.35 bits per heavy atom. The van der Waals surface area contributed by atoms with E-state index >= 15 is 0 Å². The summed E-state index contributed by atoms with van der Waals surface area (Å²) in [5.41, 5.74) is 0.404. The van der Waals surface area contributed by atoms with E-state index in [0.29, 0.717) is 25.2 Å². The number of piperidine rings is 1. The molecule has 1 aliphatic heterocycles. The van der Waals surface area contributed by atoms with Crippen molar-refractivity contribution in [2.75, 3.05) is 18.0 Å². The number of aromatic nitrogens is 1. The minimum absolute atomic E-state index is 0.00317. The van der Waals surface area contributed by atoms with Crippen LogP contribution in [-0.2, 0) is 17.4 Å².